The fourth-order valence-electron chi connectivity index (χ4n) is 1.93. The van der Waals surface area contributed by atoms with E-state index in [2.05, 4.69) is 30.1 Å². The molecule has 0 spiro atoms. The normalized spacial score (nSPS) is 10.6. The van der Waals surface area contributed by atoms with Crippen molar-refractivity contribution in [3.63, 3.8) is 0 Å². The number of hydrogen-bond acceptors (Lipinski definition) is 3. The van der Waals surface area contributed by atoms with Crippen LogP contribution < -0.4 is 0 Å². The van der Waals surface area contributed by atoms with E-state index in [1.165, 1.54) is 11.1 Å². The van der Waals surface area contributed by atoms with Crippen LogP contribution in [0.4, 0.5) is 0 Å². The predicted molar refractivity (Wildman–Crippen MR) is 71.0 cm³/mol. The molecule has 0 amide bonds. The number of carboxylic acid groups (broad SMARTS) is 1. The number of rotatable bonds is 6. The third-order valence-corrected chi connectivity index (χ3v) is 2.90. The summed E-state index contributed by atoms with van der Waals surface area (Å²) < 4.78 is 5.51. The summed E-state index contributed by atoms with van der Waals surface area (Å²) in [5.74, 6) is 0.487. The molecule has 4 nitrogen and oxygen atoms in total. The fourth-order valence-corrected chi connectivity index (χ4v) is 1.93. The number of carbonyl (C=O) groups is 1. The van der Waals surface area contributed by atoms with Crippen molar-refractivity contribution in [1.82, 2.24) is 4.98 Å². The molecule has 0 radical (unpaired) electrons. The van der Waals surface area contributed by atoms with Gasteiger partial charge in [0.05, 0.1) is 12.6 Å². The van der Waals surface area contributed by atoms with Gasteiger partial charge in [-0.15, -0.1) is 0 Å². The molecule has 0 unspecified atom stereocenters. The third-order valence-electron chi connectivity index (χ3n) is 2.90. The van der Waals surface area contributed by atoms with Crippen LogP contribution in [0.15, 0.2) is 34.9 Å². The van der Waals surface area contributed by atoms with Crippen LogP contribution in [0.25, 0.3) is 0 Å². The SMILES string of the molecule is Cc1cccc(CCc2ncc(CCC(=O)O)o2)c1. The van der Waals surface area contributed by atoms with Crippen LogP contribution in [0.3, 0.4) is 0 Å². The molecular formula is C15H17NO3. The van der Waals surface area contributed by atoms with Gasteiger partial charge in [0.15, 0.2) is 5.89 Å². The quantitative estimate of drug-likeness (QED) is 0.866. The summed E-state index contributed by atoms with van der Waals surface area (Å²) in [6.07, 6.45) is 3.70. The molecule has 1 aromatic carbocycles. The Hall–Kier alpha value is -2.10. The zero-order valence-electron chi connectivity index (χ0n) is 10.9. The highest BCUT2D eigenvalue weighted by molar-refractivity contribution is 5.66. The molecule has 0 fully saturated rings. The Bertz CT molecular complexity index is 560. The maximum atomic E-state index is 10.5. The van der Waals surface area contributed by atoms with E-state index in [9.17, 15) is 4.79 Å². The molecule has 4 heteroatoms. The highest BCUT2D eigenvalue weighted by Gasteiger charge is 2.06. The molecule has 0 saturated carbocycles. The first-order valence-corrected chi connectivity index (χ1v) is 6.34. The Balaban J connectivity index is 1.88. The molecular weight excluding hydrogens is 242 g/mol. The Labute approximate surface area is 112 Å². The van der Waals surface area contributed by atoms with Gasteiger partial charge in [0.25, 0.3) is 0 Å². The minimum absolute atomic E-state index is 0.0759. The summed E-state index contributed by atoms with van der Waals surface area (Å²) >= 11 is 0. The van der Waals surface area contributed by atoms with Crippen molar-refractivity contribution in [2.24, 2.45) is 0 Å². The number of nitrogens with zero attached hydrogens (tertiary/aromatic N) is 1. The first kappa shape index (κ1) is 13.3. The van der Waals surface area contributed by atoms with E-state index in [1.807, 2.05) is 6.07 Å². The largest absolute Gasteiger partial charge is 0.481 e. The van der Waals surface area contributed by atoms with Gasteiger partial charge in [-0.25, -0.2) is 4.98 Å². The summed E-state index contributed by atoms with van der Waals surface area (Å²) in [4.78, 5) is 14.6. The summed E-state index contributed by atoms with van der Waals surface area (Å²) in [6, 6.07) is 8.34. The highest BCUT2D eigenvalue weighted by Crippen LogP contribution is 2.11. The lowest BCUT2D eigenvalue weighted by molar-refractivity contribution is -0.137. The molecule has 0 atom stereocenters. The Kier molecular flexibility index (Phi) is 4.34. The van der Waals surface area contributed by atoms with Gasteiger partial charge >= 0.3 is 5.97 Å². The van der Waals surface area contributed by atoms with E-state index in [0.717, 1.165) is 12.8 Å². The highest BCUT2D eigenvalue weighted by atomic mass is 16.4. The van der Waals surface area contributed by atoms with Crippen LogP contribution in [-0.4, -0.2) is 16.1 Å². The van der Waals surface area contributed by atoms with E-state index in [0.29, 0.717) is 18.1 Å². The average molecular weight is 259 g/mol. The van der Waals surface area contributed by atoms with Gasteiger partial charge in [-0.05, 0) is 18.9 Å². The molecule has 0 saturated heterocycles. The summed E-state index contributed by atoms with van der Waals surface area (Å²) in [5.41, 5.74) is 2.50. The number of aromatic nitrogens is 1. The van der Waals surface area contributed by atoms with Crippen molar-refractivity contribution in [2.75, 3.05) is 0 Å². The molecule has 0 aliphatic heterocycles. The molecule has 0 aliphatic rings. The van der Waals surface area contributed by atoms with Crippen molar-refractivity contribution in [3.8, 4) is 0 Å². The minimum atomic E-state index is -0.822. The molecule has 100 valence electrons. The molecule has 19 heavy (non-hydrogen) atoms. The van der Waals surface area contributed by atoms with Crippen molar-refractivity contribution in [1.29, 1.82) is 0 Å². The van der Waals surface area contributed by atoms with Crippen molar-refractivity contribution in [2.45, 2.75) is 32.6 Å². The molecule has 2 rings (SSSR count). The van der Waals surface area contributed by atoms with E-state index >= 15 is 0 Å². The first-order valence-electron chi connectivity index (χ1n) is 6.34. The lowest BCUT2D eigenvalue weighted by Gasteiger charge is -2.00. The van der Waals surface area contributed by atoms with E-state index in [4.69, 9.17) is 9.52 Å². The number of benzene rings is 1. The second-order valence-corrected chi connectivity index (χ2v) is 4.60. The van der Waals surface area contributed by atoms with Gasteiger partial charge in [-0.1, -0.05) is 29.8 Å². The zero-order chi connectivity index (χ0) is 13.7. The number of carboxylic acids is 1. The monoisotopic (exact) mass is 259 g/mol. The first-order chi connectivity index (χ1) is 9.13. The lowest BCUT2D eigenvalue weighted by atomic mass is 10.1. The van der Waals surface area contributed by atoms with Gasteiger partial charge in [0.2, 0.25) is 0 Å². The van der Waals surface area contributed by atoms with Crippen LogP contribution in [0.5, 0.6) is 0 Å². The third kappa shape index (κ3) is 4.25. The lowest BCUT2D eigenvalue weighted by Crippen LogP contribution is -1.96. The van der Waals surface area contributed by atoms with Gasteiger partial charge < -0.3 is 9.52 Å². The summed E-state index contributed by atoms with van der Waals surface area (Å²) in [5, 5.41) is 8.60. The zero-order valence-corrected chi connectivity index (χ0v) is 10.9. The van der Waals surface area contributed by atoms with Crippen LogP contribution in [0.2, 0.25) is 0 Å². The molecule has 2 aromatic rings. The van der Waals surface area contributed by atoms with Gasteiger partial charge in [-0.2, -0.15) is 0 Å². The van der Waals surface area contributed by atoms with Crippen LogP contribution >= 0.6 is 0 Å². The number of aryl methyl sites for hydroxylation is 4. The second kappa shape index (κ2) is 6.18. The Morgan fingerprint density at radius 2 is 2.16 bits per heavy atom. The topological polar surface area (TPSA) is 63.3 Å². The molecule has 0 aliphatic carbocycles. The van der Waals surface area contributed by atoms with E-state index in [1.54, 1.807) is 6.20 Å². The van der Waals surface area contributed by atoms with Crippen LogP contribution in [0.1, 0.15) is 29.2 Å². The summed E-state index contributed by atoms with van der Waals surface area (Å²) in [6.45, 7) is 2.07. The van der Waals surface area contributed by atoms with Crippen molar-refractivity contribution >= 4 is 5.97 Å². The Morgan fingerprint density at radius 1 is 1.32 bits per heavy atom. The number of oxazole rings is 1. The Morgan fingerprint density at radius 3 is 2.89 bits per heavy atom. The average Bonchev–Trinajstić information content (AvgIpc) is 2.82. The molecule has 1 heterocycles. The molecule has 1 N–H and O–H groups in total. The smallest absolute Gasteiger partial charge is 0.303 e. The van der Waals surface area contributed by atoms with Crippen molar-refractivity contribution in [3.05, 3.63) is 53.2 Å². The van der Waals surface area contributed by atoms with E-state index in [-0.39, 0.29) is 6.42 Å². The number of hydrogen-bond donors (Lipinski definition) is 1. The maximum Gasteiger partial charge on any atom is 0.303 e. The van der Waals surface area contributed by atoms with E-state index < -0.39 is 5.97 Å². The minimum Gasteiger partial charge on any atom is -0.481 e. The van der Waals surface area contributed by atoms with Crippen LogP contribution in [0, 0.1) is 6.92 Å². The van der Waals surface area contributed by atoms with Crippen molar-refractivity contribution < 1.29 is 14.3 Å². The predicted octanol–water partition coefficient (Wildman–Crippen LogP) is 2.79. The summed E-state index contributed by atoms with van der Waals surface area (Å²) in [7, 11) is 0. The van der Waals surface area contributed by atoms with Crippen LogP contribution in [-0.2, 0) is 24.1 Å². The molecule has 0 bridgehead atoms. The maximum absolute atomic E-state index is 10.5. The van der Waals surface area contributed by atoms with Gasteiger partial charge in [-0.3, -0.25) is 4.79 Å². The second-order valence-electron chi connectivity index (χ2n) is 4.60. The van der Waals surface area contributed by atoms with Gasteiger partial charge in [0.1, 0.15) is 5.76 Å². The fraction of sp³-hybridized carbons (Fsp3) is 0.333. The van der Waals surface area contributed by atoms with Gasteiger partial charge in [0, 0.05) is 12.8 Å². The molecule has 1 aromatic heterocycles. The standard InChI is InChI=1S/C15H17NO3/c1-11-3-2-4-12(9-11)5-7-14-16-10-13(19-14)6-8-15(17)18/h2-4,9-10H,5-8H2,1H3,(H,17,18). The number of aliphatic carboxylic acids is 1.